The number of hydrogen-bond acceptors (Lipinski definition) is 3. The predicted octanol–water partition coefficient (Wildman–Crippen LogP) is 3.87. The molecule has 2 aromatic carbocycles. The molecule has 130 valence electrons. The lowest BCUT2D eigenvalue weighted by Crippen LogP contribution is -2.14. The standard InChI is InChI=1S/C21H20N4O/c1-15-20(16(2)25(24-15)14-18-6-4-3-5-7-18)21(26)23-19-10-8-17(9-11-19)12-13-22/h3-11H,12,14H2,1-2H3,(H,23,26). The molecular formula is C21H20N4O. The Labute approximate surface area is 152 Å². The minimum atomic E-state index is -0.174. The van der Waals surface area contributed by atoms with E-state index in [1.54, 1.807) is 0 Å². The fourth-order valence-corrected chi connectivity index (χ4v) is 2.93. The number of carbonyl (C=O) groups excluding carboxylic acids is 1. The van der Waals surface area contributed by atoms with E-state index in [4.69, 9.17) is 5.26 Å². The van der Waals surface area contributed by atoms with E-state index in [0.717, 1.165) is 16.8 Å². The van der Waals surface area contributed by atoms with Crippen LogP contribution in [0.15, 0.2) is 54.6 Å². The van der Waals surface area contributed by atoms with E-state index in [0.29, 0.717) is 29.9 Å². The number of nitriles is 1. The van der Waals surface area contributed by atoms with E-state index in [2.05, 4.69) is 16.5 Å². The van der Waals surface area contributed by atoms with E-state index < -0.39 is 0 Å². The van der Waals surface area contributed by atoms with Crippen molar-refractivity contribution in [2.75, 3.05) is 5.32 Å². The number of amides is 1. The van der Waals surface area contributed by atoms with Crippen LogP contribution in [0.25, 0.3) is 0 Å². The van der Waals surface area contributed by atoms with Gasteiger partial charge in [-0.2, -0.15) is 10.4 Å². The molecular weight excluding hydrogens is 324 g/mol. The molecule has 0 fully saturated rings. The van der Waals surface area contributed by atoms with Gasteiger partial charge in [-0.1, -0.05) is 42.5 Å². The SMILES string of the molecule is Cc1nn(Cc2ccccc2)c(C)c1C(=O)Nc1ccc(CC#N)cc1. The first-order valence-electron chi connectivity index (χ1n) is 8.43. The number of aromatic nitrogens is 2. The van der Waals surface area contributed by atoms with Gasteiger partial charge in [-0.25, -0.2) is 0 Å². The number of nitrogens with zero attached hydrogens (tertiary/aromatic N) is 3. The van der Waals surface area contributed by atoms with E-state index in [1.807, 2.05) is 73.1 Å². The average Bonchev–Trinajstić information content (AvgIpc) is 2.91. The third-order valence-electron chi connectivity index (χ3n) is 4.28. The zero-order chi connectivity index (χ0) is 18.5. The van der Waals surface area contributed by atoms with Crippen LogP contribution in [0.2, 0.25) is 0 Å². The van der Waals surface area contributed by atoms with Crippen molar-refractivity contribution in [3.63, 3.8) is 0 Å². The monoisotopic (exact) mass is 344 g/mol. The molecule has 26 heavy (non-hydrogen) atoms. The van der Waals surface area contributed by atoms with Gasteiger partial charge in [-0.05, 0) is 37.1 Å². The topological polar surface area (TPSA) is 70.7 Å². The summed E-state index contributed by atoms with van der Waals surface area (Å²) in [6.45, 7) is 4.39. The fourth-order valence-electron chi connectivity index (χ4n) is 2.93. The third-order valence-corrected chi connectivity index (χ3v) is 4.28. The Balaban J connectivity index is 1.78. The summed E-state index contributed by atoms with van der Waals surface area (Å²) in [7, 11) is 0. The number of aryl methyl sites for hydroxylation is 1. The summed E-state index contributed by atoms with van der Waals surface area (Å²) >= 11 is 0. The maximum atomic E-state index is 12.7. The number of benzene rings is 2. The van der Waals surface area contributed by atoms with Gasteiger partial charge in [0.15, 0.2) is 0 Å². The summed E-state index contributed by atoms with van der Waals surface area (Å²) in [6.07, 6.45) is 0.360. The Bertz CT molecular complexity index is 950. The van der Waals surface area contributed by atoms with Crippen molar-refractivity contribution < 1.29 is 4.79 Å². The summed E-state index contributed by atoms with van der Waals surface area (Å²) in [4.78, 5) is 12.7. The van der Waals surface area contributed by atoms with Crippen molar-refractivity contribution >= 4 is 11.6 Å². The summed E-state index contributed by atoms with van der Waals surface area (Å²) in [6, 6.07) is 19.5. The van der Waals surface area contributed by atoms with E-state index in [9.17, 15) is 4.79 Å². The number of nitrogens with one attached hydrogen (secondary N) is 1. The van der Waals surface area contributed by atoms with Crippen LogP contribution >= 0.6 is 0 Å². The first-order chi connectivity index (χ1) is 12.6. The van der Waals surface area contributed by atoms with Gasteiger partial charge in [0.1, 0.15) is 0 Å². The summed E-state index contributed by atoms with van der Waals surface area (Å²) < 4.78 is 1.86. The molecule has 0 aliphatic carbocycles. The Hall–Kier alpha value is -3.39. The van der Waals surface area contributed by atoms with Crippen molar-refractivity contribution in [1.82, 2.24) is 9.78 Å². The molecule has 0 aliphatic rings. The highest BCUT2D eigenvalue weighted by Gasteiger charge is 2.19. The van der Waals surface area contributed by atoms with Gasteiger partial charge in [0.25, 0.3) is 5.91 Å². The Morgan fingerprint density at radius 1 is 1.08 bits per heavy atom. The van der Waals surface area contributed by atoms with E-state index in [1.165, 1.54) is 0 Å². The lowest BCUT2D eigenvalue weighted by molar-refractivity contribution is 0.102. The van der Waals surface area contributed by atoms with Crippen molar-refractivity contribution in [2.45, 2.75) is 26.8 Å². The fraction of sp³-hybridized carbons (Fsp3) is 0.190. The molecule has 0 saturated heterocycles. The third kappa shape index (κ3) is 3.81. The quantitative estimate of drug-likeness (QED) is 0.764. The maximum absolute atomic E-state index is 12.7. The molecule has 3 aromatic rings. The van der Waals surface area contributed by atoms with Gasteiger partial charge < -0.3 is 5.32 Å². The van der Waals surface area contributed by atoms with E-state index >= 15 is 0 Å². The Kier molecular flexibility index (Phi) is 5.14. The molecule has 0 radical (unpaired) electrons. The molecule has 1 heterocycles. The number of anilines is 1. The van der Waals surface area contributed by atoms with Gasteiger partial charge in [0.2, 0.25) is 0 Å². The Morgan fingerprint density at radius 2 is 1.77 bits per heavy atom. The van der Waals surface area contributed by atoms with Gasteiger partial charge in [0.05, 0.1) is 30.3 Å². The van der Waals surface area contributed by atoms with Gasteiger partial charge in [-0.15, -0.1) is 0 Å². The zero-order valence-corrected chi connectivity index (χ0v) is 14.9. The zero-order valence-electron chi connectivity index (χ0n) is 14.9. The second-order valence-electron chi connectivity index (χ2n) is 6.18. The van der Waals surface area contributed by atoms with Crippen molar-refractivity contribution in [1.29, 1.82) is 5.26 Å². The molecule has 0 saturated carbocycles. The molecule has 0 spiro atoms. The molecule has 5 nitrogen and oxygen atoms in total. The van der Waals surface area contributed by atoms with Crippen molar-refractivity contribution in [2.24, 2.45) is 0 Å². The lowest BCUT2D eigenvalue weighted by Gasteiger charge is -2.07. The number of carbonyl (C=O) groups is 1. The van der Waals surface area contributed by atoms with Crippen LogP contribution in [-0.2, 0) is 13.0 Å². The largest absolute Gasteiger partial charge is 0.322 e. The summed E-state index contributed by atoms with van der Waals surface area (Å²) in [5.41, 5.74) is 4.90. The predicted molar refractivity (Wildman–Crippen MR) is 101 cm³/mol. The van der Waals surface area contributed by atoms with Gasteiger partial charge >= 0.3 is 0 Å². The summed E-state index contributed by atoms with van der Waals surface area (Å²) in [5.74, 6) is -0.174. The highest BCUT2D eigenvalue weighted by atomic mass is 16.1. The molecule has 5 heteroatoms. The normalized spacial score (nSPS) is 10.3. The molecule has 1 aromatic heterocycles. The Morgan fingerprint density at radius 3 is 2.42 bits per heavy atom. The molecule has 3 rings (SSSR count). The highest BCUT2D eigenvalue weighted by molar-refractivity contribution is 6.05. The molecule has 0 unspecified atom stereocenters. The second kappa shape index (κ2) is 7.66. The second-order valence-corrected chi connectivity index (χ2v) is 6.18. The highest BCUT2D eigenvalue weighted by Crippen LogP contribution is 2.18. The van der Waals surface area contributed by atoms with Crippen LogP contribution < -0.4 is 5.32 Å². The minimum Gasteiger partial charge on any atom is -0.322 e. The minimum absolute atomic E-state index is 0.174. The number of hydrogen-bond donors (Lipinski definition) is 1. The van der Waals surface area contributed by atoms with Crippen LogP contribution in [0.1, 0.15) is 32.9 Å². The molecule has 0 atom stereocenters. The van der Waals surface area contributed by atoms with E-state index in [-0.39, 0.29) is 5.91 Å². The number of rotatable bonds is 5. The first-order valence-corrected chi connectivity index (χ1v) is 8.43. The summed E-state index contributed by atoms with van der Waals surface area (Å²) in [5, 5.41) is 16.2. The van der Waals surface area contributed by atoms with Crippen LogP contribution in [0.4, 0.5) is 5.69 Å². The van der Waals surface area contributed by atoms with Gasteiger partial charge in [-0.3, -0.25) is 9.48 Å². The smallest absolute Gasteiger partial charge is 0.259 e. The van der Waals surface area contributed by atoms with Crippen molar-refractivity contribution in [3.05, 3.63) is 82.7 Å². The lowest BCUT2D eigenvalue weighted by atomic mass is 10.1. The molecule has 0 aliphatic heterocycles. The van der Waals surface area contributed by atoms with Crippen LogP contribution in [0.5, 0.6) is 0 Å². The van der Waals surface area contributed by atoms with Crippen LogP contribution in [-0.4, -0.2) is 15.7 Å². The van der Waals surface area contributed by atoms with Crippen LogP contribution in [0, 0.1) is 25.2 Å². The maximum Gasteiger partial charge on any atom is 0.259 e. The van der Waals surface area contributed by atoms with Crippen LogP contribution in [0.3, 0.4) is 0 Å². The molecule has 1 amide bonds. The average molecular weight is 344 g/mol. The van der Waals surface area contributed by atoms with Crippen molar-refractivity contribution in [3.8, 4) is 6.07 Å². The van der Waals surface area contributed by atoms with Gasteiger partial charge in [0, 0.05) is 11.4 Å². The molecule has 1 N–H and O–H groups in total. The molecule has 0 bridgehead atoms. The first kappa shape index (κ1) is 17.4.